The molecule has 0 aliphatic carbocycles. The van der Waals surface area contributed by atoms with E-state index in [2.05, 4.69) is 44.3 Å². The number of likely N-dealkylation sites (N-methyl/N-ethyl adjacent to an activating group) is 1. The fourth-order valence-electron chi connectivity index (χ4n) is 3.72. The predicted octanol–water partition coefficient (Wildman–Crippen LogP) is 3.51. The van der Waals surface area contributed by atoms with Crippen LogP contribution in [0.3, 0.4) is 0 Å². The van der Waals surface area contributed by atoms with Crippen molar-refractivity contribution in [3.8, 4) is 10.6 Å². The van der Waals surface area contributed by atoms with Crippen LogP contribution in [-0.2, 0) is 6.54 Å². The van der Waals surface area contributed by atoms with Crippen LogP contribution >= 0.6 is 11.3 Å². The smallest absolute Gasteiger partial charge is 0.327 e. The molecule has 0 spiro atoms. The number of anilines is 3. The van der Waals surface area contributed by atoms with E-state index < -0.39 is 0 Å². The molecule has 1 aromatic carbocycles. The standard InChI is InChI=1S/C21H22N6OS/c1-25-8-10-26(11-9-25)17-2-3-18-16(12-17)13-27(21(28)23-18)19-14-29-20(24-19)15-4-6-22-7-5-15/h2-7,12,14H,8-11,13H2,1H3,(H,23,28). The Morgan fingerprint density at radius 3 is 2.66 bits per heavy atom. The fraction of sp³-hybridized carbons (Fsp3) is 0.286. The lowest BCUT2D eigenvalue weighted by Gasteiger charge is -2.35. The highest BCUT2D eigenvalue weighted by atomic mass is 32.1. The van der Waals surface area contributed by atoms with Crippen molar-refractivity contribution in [2.45, 2.75) is 6.54 Å². The Hall–Kier alpha value is -2.97. The summed E-state index contributed by atoms with van der Waals surface area (Å²) in [6.45, 7) is 4.69. The Kier molecular flexibility index (Phi) is 4.65. The number of carbonyl (C=O) groups excluding carboxylic acids is 1. The molecule has 2 aromatic heterocycles. The number of rotatable bonds is 3. The van der Waals surface area contributed by atoms with Crippen LogP contribution in [-0.4, -0.2) is 54.1 Å². The molecular formula is C21H22N6OS. The number of pyridine rings is 1. The van der Waals surface area contributed by atoms with E-state index >= 15 is 0 Å². The van der Waals surface area contributed by atoms with Gasteiger partial charge in [0.15, 0.2) is 0 Å². The van der Waals surface area contributed by atoms with Crippen LogP contribution in [0, 0.1) is 0 Å². The van der Waals surface area contributed by atoms with Crippen molar-refractivity contribution in [3.05, 3.63) is 53.7 Å². The van der Waals surface area contributed by atoms with E-state index in [0.717, 1.165) is 48.0 Å². The van der Waals surface area contributed by atoms with Crippen molar-refractivity contribution in [1.82, 2.24) is 14.9 Å². The minimum atomic E-state index is -0.142. The number of nitrogens with zero attached hydrogens (tertiary/aromatic N) is 5. The van der Waals surface area contributed by atoms with Gasteiger partial charge in [-0.2, -0.15) is 0 Å². The summed E-state index contributed by atoms with van der Waals surface area (Å²) in [4.78, 5) is 27.9. The second-order valence-electron chi connectivity index (χ2n) is 7.39. The van der Waals surface area contributed by atoms with Gasteiger partial charge in [-0.1, -0.05) is 0 Å². The fourth-order valence-corrected chi connectivity index (χ4v) is 4.54. The Bertz CT molecular complexity index is 1030. The summed E-state index contributed by atoms with van der Waals surface area (Å²) < 4.78 is 0. The molecule has 0 radical (unpaired) electrons. The Labute approximate surface area is 173 Å². The molecule has 2 amide bonds. The summed E-state index contributed by atoms with van der Waals surface area (Å²) in [5.74, 6) is 0.676. The van der Waals surface area contributed by atoms with E-state index in [-0.39, 0.29) is 6.03 Å². The van der Waals surface area contributed by atoms with E-state index in [0.29, 0.717) is 12.4 Å². The quantitative estimate of drug-likeness (QED) is 0.721. The zero-order valence-corrected chi connectivity index (χ0v) is 17.0. The van der Waals surface area contributed by atoms with Gasteiger partial charge >= 0.3 is 6.03 Å². The summed E-state index contributed by atoms with van der Waals surface area (Å²) in [6, 6.07) is 10.0. The molecule has 2 aliphatic heterocycles. The Morgan fingerprint density at radius 2 is 1.86 bits per heavy atom. The maximum absolute atomic E-state index is 12.7. The third-order valence-electron chi connectivity index (χ3n) is 5.47. The van der Waals surface area contributed by atoms with Crippen molar-refractivity contribution in [2.24, 2.45) is 0 Å². The average molecular weight is 407 g/mol. The van der Waals surface area contributed by atoms with Crippen LogP contribution in [0.15, 0.2) is 48.1 Å². The number of hydrogen-bond acceptors (Lipinski definition) is 6. The Morgan fingerprint density at radius 1 is 1.07 bits per heavy atom. The largest absolute Gasteiger partial charge is 0.369 e. The number of amides is 2. The molecule has 1 fully saturated rings. The lowest BCUT2D eigenvalue weighted by atomic mass is 10.1. The van der Waals surface area contributed by atoms with Gasteiger partial charge in [0.1, 0.15) is 10.8 Å². The molecule has 1 N–H and O–H groups in total. The molecular weight excluding hydrogens is 384 g/mol. The van der Waals surface area contributed by atoms with Gasteiger partial charge in [-0.3, -0.25) is 9.88 Å². The molecule has 7 nitrogen and oxygen atoms in total. The molecule has 1 saturated heterocycles. The lowest BCUT2D eigenvalue weighted by Crippen LogP contribution is -2.44. The van der Waals surface area contributed by atoms with Crippen LogP contribution in [0.25, 0.3) is 10.6 Å². The minimum absolute atomic E-state index is 0.142. The number of nitrogens with one attached hydrogen (secondary N) is 1. The monoisotopic (exact) mass is 406 g/mol. The molecule has 0 bridgehead atoms. The molecule has 4 heterocycles. The SMILES string of the molecule is CN1CCN(c2ccc3c(c2)CN(c2csc(-c4ccncc4)n2)C(=O)N3)CC1. The summed E-state index contributed by atoms with van der Waals surface area (Å²) in [5.41, 5.74) is 4.21. The molecule has 5 rings (SSSR count). The third-order valence-corrected chi connectivity index (χ3v) is 6.35. The molecule has 0 atom stereocenters. The molecule has 3 aromatic rings. The topological polar surface area (TPSA) is 64.6 Å². The number of piperazine rings is 1. The number of fused-ring (bicyclic) bond motifs is 1. The predicted molar refractivity (Wildman–Crippen MR) is 117 cm³/mol. The van der Waals surface area contributed by atoms with E-state index in [4.69, 9.17) is 0 Å². The first-order valence-corrected chi connectivity index (χ1v) is 10.6. The van der Waals surface area contributed by atoms with Gasteiger partial charge in [-0.05, 0) is 42.9 Å². The highest BCUT2D eigenvalue weighted by Gasteiger charge is 2.27. The molecule has 29 heavy (non-hydrogen) atoms. The molecule has 148 valence electrons. The van der Waals surface area contributed by atoms with Gasteiger partial charge < -0.3 is 15.1 Å². The lowest BCUT2D eigenvalue weighted by molar-refractivity contribution is 0.256. The maximum Gasteiger partial charge on any atom is 0.327 e. The van der Waals surface area contributed by atoms with Crippen molar-refractivity contribution >= 4 is 34.6 Å². The Balaban J connectivity index is 1.39. The van der Waals surface area contributed by atoms with Gasteiger partial charge in [0.2, 0.25) is 0 Å². The van der Waals surface area contributed by atoms with Crippen molar-refractivity contribution < 1.29 is 4.79 Å². The molecule has 8 heteroatoms. The second-order valence-corrected chi connectivity index (χ2v) is 8.25. The van der Waals surface area contributed by atoms with E-state index in [1.54, 1.807) is 17.3 Å². The number of hydrogen-bond donors (Lipinski definition) is 1. The number of urea groups is 1. The average Bonchev–Trinajstić information content (AvgIpc) is 3.24. The number of carbonyl (C=O) groups is 1. The number of aromatic nitrogens is 2. The van der Waals surface area contributed by atoms with Crippen molar-refractivity contribution in [1.29, 1.82) is 0 Å². The van der Waals surface area contributed by atoms with Gasteiger partial charge in [-0.15, -0.1) is 11.3 Å². The normalized spacial score (nSPS) is 17.2. The summed E-state index contributed by atoms with van der Waals surface area (Å²) >= 11 is 1.53. The van der Waals surface area contributed by atoms with Crippen LogP contribution in [0.2, 0.25) is 0 Å². The first-order valence-electron chi connectivity index (χ1n) is 9.68. The first-order chi connectivity index (χ1) is 14.2. The van der Waals surface area contributed by atoms with Crippen molar-refractivity contribution in [2.75, 3.05) is 48.3 Å². The summed E-state index contributed by atoms with van der Waals surface area (Å²) in [7, 11) is 2.16. The zero-order valence-electron chi connectivity index (χ0n) is 16.2. The molecule has 2 aliphatic rings. The van der Waals surface area contributed by atoms with E-state index in [1.165, 1.54) is 17.0 Å². The highest BCUT2D eigenvalue weighted by Crippen LogP contribution is 2.33. The molecule has 0 saturated carbocycles. The van der Waals surface area contributed by atoms with Gasteiger partial charge in [0.05, 0.1) is 6.54 Å². The molecule has 0 unspecified atom stereocenters. The van der Waals surface area contributed by atoms with Crippen LogP contribution in [0.5, 0.6) is 0 Å². The zero-order chi connectivity index (χ0) is 19.8. The minimum Gasteiger partial charge on any atom is -0.369 e. The van der Waals surface area contributed by atoms with Crippen LogP contribution in [0.1, 0.15) is 5.56 Å². The van der Waals surface area contributed by atoms with E-state index in [9.17, 15) is 4.79 Å². The van der Waals surface area contributed by atoms with Crippen LogP contribution in [0.4, 0.5) is 22.0 Å². The summed E-state index contributed by atoms with van der Waals surface area (Å²) in [6.07, 6.45) is 3.50. The summed E-state index contributed by atoms with van der Waals surface area (Å²) in [5, 5.41) is 5.83. The van der Waals surface area contributed by atoms with Gasteiger partial charge in [0, 0.05) is 60.9 Å². The van der Waals surface area contributed by atoms with Crippen LogP contribution < -0.4 is 15.1 Å². The van der Waals surface area contributed by atoms with Gasteiger partial charge in [0.25, 0.3) is 0 Å². The van der Waals surface area contributed by atoms with Crippen molar-refractivity contribution in [3.63, 3.8) is 0 Å². The highest BCUT2D eigenvalue weighted by molar-refractivity contribution is 7.13. The number of thiazole rings is 1. The third kappa shape index (κ3) is 3.56. The van der Waals surface area contributed by atoms with E-state index in [1.807, 2.05) is 23.6 Å². The number of benzene rings is 1. The van der Waals surface area contributed by atoms with Gasteiger partial charge in [-0.25, -0.2) is 9.78 Å². The first kappa shape index (κ1) is 18.1. The second kappa shape index (κ2) is 7.46. The maximum atomic E-state index is 12.7.